The largest absolute Gasteiger partial charge is 0.465 e. The summed E-state index contributed by atoms with van der Waals surface area (Å²) in [7, 11) is 0. The van der Waals surface area contributed by atoms with E-state index < -0.39 is 23.5 Å². The van der Waals surface area contributed by atoms with Gasteiger partial charge in [-0.2, -0.15) is 8.78 Å². The van der Waals surface area contributed by atoms with E-state index in [4.69, 9.17) is 0 Å². The summed E-state index contributed by atoms with van der Waals surface area (Å²) in [6, 6.07) is 7.94. The molecular formula is C30H37F2N5O4. The number of hydrogen-bond donors (Lipinski definition) is 1. The number of rotatable bonds is 7. The molecule has 0 spiro atoms. The Morgan fingerprint density at radius 2 is 1.93 bits per heavy atom. The van der Waals surface area contributed by atoms with E-state index in [2.05, 4.69) is 4.98 Å². The average Bonchev–Trinajstić information content (AvgIpc) is 3.37. The van der Waals surface area contributed by atoms with Gasteiger partial charge in [0.15, 0.2) is 0 Å². The third-order valence-electron chi connectivity index (χ3n) is 8.56. The van der Waals surface area contributed by atoms with Gasteiger partial charge >= 0.3 is 6.09 Å². The first-order chi connectivity index (χ1) is 19.3. The third-order valence-corrected chi connectivity index (χ3v) is 8.56. The Hall–Kier alpha value is -3.60. The molecule has 1 aromatic heterocycles. The molecule has 1 fully saturated rings. The van der Waals surface area contributed by atoms with Crippen LogP contribution in [0, 0.1) is 0 Å². The van der Waals surface area contributed by atoms with Crippen LogP contribution in [0.1, 0.15) is 67.7 Å². The van der Waals surface area contributed by atoms with E-state index in [9.17, 15) is 28.3 Å². The minimum atomic E-state index is -3.10. The van der Waals surface area contributed by atoms with E-state index >= 15 is 0 Å². The maximum atomic E-state index is 14.8. The Bertz CT molecular complexity index is 1370. The van der Waals surface area contributed by atoms with Gasteiger partial charge in [0.1, 0.15) is 5.69 Å². The highest BCUT2D eigenvalue weighted by Gasteiger charge is 2.43. The SMILES string of the molecule is CCCC(F)(F)c1cc2c(cn1)C(C)(C)CN2C(=O)CN1C[C@@H](C)N(C(=O)O)C[C@@H]1CN1Cc2ccccc2C1=O. The van der Waals surface area contributed by atoms with Crippen LogP contribution in [0.3, 0.4) is 0 Å². The number of benzene rings is 1. The molecule has 2 aromatic rings. The fraction of sp³-hybridized carbons (Fsp3) is 0.533. The second kappa shape index (κ2) is 10.7. The number of fused-ring (bicyclic) bond motifs is 2. The van der Waals surface area contributed by atoms with Crippen LogP contribution in [0.15, 0.2) is 36.5 Å². The van der Waals surface area contributed by atoms with E-state index in [0.717, 1.165) is 11.1 Å². The lowest BCUT2D eigenvalue weighted by Crippen LogP contribution is -2.63. The highest BCUT2D eigenvalue weighted by atomic mass is 19.3. The number of nitrogens with zero attached hydrogens (tertiary/aromatic N) is 5. The molecule has 0 radical (unpaired) electrons. The topological polar surface area (TPSA) is 97.3 Å². The summed E-state index contributed by atoms with van der Waals surface area (Å²) < 4.78 is 29.6. The second-order valence-corrected chi connectivity index (χ2v) is 12.1. The summed E-state index contributed by atoms with van der Waals surface area (Å²) >= 11 is 0. The lowest BCUT2D eigenvalue weighted by molar-refractivity contribution is -0.121. The van der Waals surface area contributed by atoms with Gasteiger partial charge in [0, 0.05) is 74.0 Å². The van der Waals surface area contributed by atoms with Crippen molar-refractivity contribution in [2.24, 2.45) is 0 Å². The number of aromatic nitrogens is 1. The van der Waals surface area contributed by atoms with Crippen molar-refractivity contribution >= 4 is 23.6 Å². The number of halogens is 2. The number of carboxylic acid groups (broad SMARTS) is 1. The summed E-state index contributed by atoms with van der Waals surface area (Å²) in [6.07, 6.45) is 0.386. The Morgan fingerprint density at radius 1 is 1.20 bits per heavy atom. The molecule has 41 heavy (non-hydrogen) atoms. The summed E-state index contributed by atoms with van der Waals surface area (Å²) in [5.74, 6) is -3.47. The number of alkyl halides is 2. The molecule has 0 bridgehead atoms. The second-order valence-electron chi connectivity index (χ2n) is 12.1. The molecule has 3 aliphatic rings. The third kappa shape index (κ3) is 5.39. The lowest BCUT2D eigenvalue weighted by atomic mass is 9.88. The Morgan fingerprint density at radius 3 is 2.61 bits per heavy atom. The standard InChI is InChI=1S/C30H37F2N5O4/c1-5-10-30(31,32)25-11-24-23(12-33-25)29(3,4)18-37(24)26(38)17-34-13-19(2)36(28(40)41)16-21(34)15-35-14-20-8-6-7-9-22(20)27(35)39/h6-9,11-12,19,21H,5,10,13-18H2,1-4H3,(H,40,41)/t19-,21+/m1/s1. The number of anilines is 1. The van der Waals surface area contributed by atoms with Crippen LogP contribution in [0.2, 0.25) is 0 Å². The summed E-state index contributed by atoms with van der Waals surface area (Å²) in [5, 5.41) is 9.80. The van der Waals surface area contributed by atoms with Crippen molar-refractivity contribution in [2.45, 2.75) is 70.5 Å². The molecule has 11 heteroatoms. The summed E-state index contributed by atoms with van der Waals surface area (Å²) in [4.78, 5) is 49.6. The van der Waals surface area contributed by atoms with Gasteiger partial charge in [-0.15, -0.1) is 0 Å². The maximum absolute atomic E-state index is 14.8. The van der Waals surface area contributed by atoms with Crippen molar-refractivity contribution in [2.75, 3.05) is 37.6 Å². The number of carbonyl (C=O) groups excluding carboxylic acids is 2. The molecule has 3 amide bonds. The van der Waals surface area contributed by atoms with Crippen molar-refractivity contribution in [3.05, 3.63) is 58.9 Å². The molecule has 1 N–H and O–H groups in total. The van der Waals surface area contributed by atoms with Crippen LogP contribution >= 0.6 is 0 Å². The van der Waals surface area contributed by atoms with Crippen molar-refractivity contribution in [3.63, 3.8) is 0 Å². The normalized spacial score (nSPS) is 22.2. The van der Waals surface area contributed by atoms with Gasteiger partial charge in [-0.25, -0.2) is 4.79 Å². The Kier molecular flexibility index (Phi) is 7.52. The molecule has 9 nitrogen and oxygen atoms in total. The summed E-state index contributed by atoms with van der Waals surface area (Å²) in [5.41, 5.74) is 1.91. The van der Waals surface area contributed by atoms with Gasteiger partial charge in [0.05, 0.1) is 12.2 Å². The van der Waals surface area contributed by atoms with Crippen molar-refractivity contribution in [1.29, 1.82) is 0 Å². The molecule has 4 heterocycles. The van der Waals surface area contributed by atoms with Crippen LogP contribution in [0.4, 0.5) is 19.3 Å². The first-order valence-electron chi connectivity index (χ1n) is 14.1. The first-order valence-corrected chi connectivity index (χ1v) is 14.1. The number of piperazine rings is 1. The zero-order valence-electron chi connectivity index (χ0n) is 23.9. The number of hydrogen-bond acceptors (Lipinski definition) is 5. The van der Waals surface area contributed by atoms with Gasteiger partial charge < -0.3 is 19.8 Å². The maximum Gasteiger partial charge on any atom is 0.407 e. The molecule has 5 rings (SSSR count). The zero-order valence-corrected chi connectivity index (χ0v) is 23.9. The molecule has 1 saturated heterocycles. The Labute approximate surface area is 238 Å². The fourth-order valence-electron chi connectivity index (χ4n) is 6.34. The molecule has 1 aromatic carbocycles. The highest BCUT2D eigenvalue weighted by molar-refractivity contribution is 5.99. The molecule has 0 aliphatic carbocycles. The summed E-state index contributed by atoms with van der Waals surface area (Å²) in [6.45, 7) is 8.81. The van der Waals surface area contributed by atoms with Crippen LogP contribution in [0.5, 0.6) is 0 Å². The van der Waals surface area contributed by atoms with E-state index in [1.807, 2.05) is 36.9 Å². The van der Waals surface area contributed by atoms with Crippen molar-refractivity contribution in [1.82, 2.24) is 19.7 Å². The number of pyridine rings is 1. The van der Waals surface area contributed by atoms with Gasteiger partial charge in [-0.3, -0.25) is 19.5 Å². The first kappa shape index (κ1) is 28.9. The molecule has 0 unspecified atom stereocenters. The van der Waals surface area contributed by atoms with Crippen molar-refractivity contribution in [3.8, 4) is 0 Å². The van der Waals surface area contributed by atoms with E-state index in [1.165, 1.54) is 17.2 Å². The molecule has 3 aliphatic heterocycles. The lowest BCUT2D eigenvalue weighted by Gasteiger charge is -2.45. The smallest absolute Gasteiger partial charge is 0.407 e. The molecule has 0 saturated carbocycles. The van der Waals surface area contributed by atoms with E-state index in [0.29, 0.717) is 37.3 Å². The van der Waals surface area contributed by atoms with Crippen LogP contribution in [-0.2, 0) is 22.7 Å². The average molecular weight is 570 g/mol. The van der Waals surface area contributed by atoms with Crippen LogP contribution < -0.4 is 4.90 Å². The number of carbonyl (C=O) groups is 3. The van der Waals surface area contributed by atoms with Crippen LogP contribution in [0.25, 0.3) is 0 Å². The fourth-order valence-corrected chi connectivity index (χ4v) is 6.34. The van der Waals surface area contributed by atoms with E-state index in [-0.39, 0.29) is 49.6 Å². The zero-order chi connectivity index (χ0) is 29.7. The van der Waals surface area contributed by atoms with Gasteiger partial charge in [0.2, 0.25) is 5.91 Å². The predicted octanol–water partition coefficient (Wildman–Crippen LogP) is 4.31. The minimum Gasteiger partial charge on any atom is -0.465 e. The van der Waals surface area contributed by atoms with Gasteiger partial charge in [-0.1, -0.05) is 45.4 Å². The highest BCUT2D eigenvalue weighted by Crippen LogP contribution is 2.43. The molecular weight excluding hydrogens is 532 g/mol. The van der Waals surface area contributed by atoms with E-state index in [1.54, 1.807) is 29.7 Å². The number of amides is 3. The van der Waals surface area contributed by atoms with Gasteiger partial charge in [-0.05, 0) is 24.6 Å². The Balaban J connectivity index is 1.39. The molecule has 2 atom stereocenters. The van der Waals surface area contributed by atoms with Crippen LogP contribution in [-0.4, -0.2) is 87.5 Å². The quantitative estimate of drug-likeness (QED) is 0.534. The van der Waals surface area contributed by atoms with Gasteiger partial charge in [0.25, 0.3) is 11.8 Å². The monoisotopic (exact) mass is 569 g/mol. The minimum absolute atomic E-state index is 0.0318. The molecule has 220 valence electrons. The predicted molar refractivity (Wildman–Crippen MR) is 149 cm³/mol. The van der Waals surface area contributed by atoms with Crippen molar-refractivity contribution < 1.29 is 28.3 Å².